The maximum absolute atomic E-state index is 12.4. The van der Waals surface area contributed by atoms with Gasteiger partial charge in [0, 0.05) is 12.1 Å². The van der Waals surface area contributed by atoms with E-state index in [1.807, 2.05) is 13.8 Å². The molecule has 7 heteroatoms. The van der Waals surface area contributed by atoms with Gasteiger partial charge in [-0.1, -0.05) is 0 Å². The van der Waals surface area contributed by atoms with Gasteiger partial charge in [0.1, 0.15) is 5.69 Å². The van der Waals surface area contributed by atoms with Crippen molar-refractivity contribution in [3.63, 3.8) is 0 Å². The summed E-state index contributed by atoms with van der Waals surface area (Å²) in [7, 11) is 0. The van der Waals surface area contributed by atoms with Crippen molar-refractivity contribution in [2.45, 2.75) is 58.7 Å². The van der Waals surface area contributed by atoms with Gasteiger partial charge in [-0.25, -0.2) is 0 Å². The topological polar surface area (TPSA) is 97.4 Å². The molecule has 2 N–H and O–H groups in total. The second kappa shape index (κ2) is 5.48. The summed E-state index contributed by atoms with van der Waals surface area (Å²) in [4.78, 5) is 22.7. The Balaban J connectivity index is 3.16. The highest BCUT2D eigenvalue weighted by Gasteiger charge is 2.37. The van der Waals surface area contributed by atoms with Crippen molar-refractivity contribution in [2.75, 3.05) is 0 Å². The van der Waals surface area contributed by atoms with Crippen LogP contribution in [-0.4, -0.2) is 31.6 Å². The minimum absolute atomic E-state index is 0.0929. The van der Waals surface area contributed by atoms with E-state index in [0.717, 1.165) is 0 Å². The first-order chi connectivity index (χ1) is 9.36. The van der Waals surface area contributed by atoms with Gasteiger partial charge in [-0.15, -0.1) is 0 Å². The number of carbonyl (C=O) groups is 1. The number of hydrogen-bond donors (Lipinski definition) is 2. The molecule has 1 amide bonds. The smallest absolute Gasteiger partial charge is 0.287 e. The van der Waals surface area contributed by atoms with Crippen LogP contribution in [0, 0.1) is 10.1 Å². The Morgan fingerprint density at radius 1 is 1.38 bits per heavy atom. The Morgan fingerprint density at radius 3 is 2.29 bits per heavy atom. The molecule has 7 nitrogen and oxygen atoms in total. The van der Waals surface area contributed by atoms with Gasteiger partial charge in [-0.2, -0.15) is 0 Å². The van der Waals surface area contributed by atoms with E-state index in [2.05, 4.69) is 5.32 Å². The van der Waals surface area contributed by atoms with Crippen LogP contribution in [0.15, 0.2) is 12.3 Å². The molecule has 0 aliphatic carbocycles. The number of nitrogens with zero attached hydrogens (tertiary/aromatic N) is 2. The van der Waals surface area contributed by atoms with Crippen molar-refractivity contribution in [1.82, 2.24) is 9.88 Å². The quantitative estimate of drug-likeness (QED) is 0.643. The first-order valence-corrected chi connectivity index (χ1v) is 6.78. The average molecular weight is 297 g/mol. The number of aliphatic hydroxyl groups is 1. The number of carbonyl (C=O) groups excluding carboxylic acids is 1. The fourth-order valence-corrected chi connectivity index (χ4v) is 1.67. The van der Waals surface area contributed by atoms with Crippen LogP contribution in [-0.2, 0) is 0 Å². The third-order valence-electron chi connectivity index (χ3n) is 3.79. The van der Waals surface area contributed by atoms with Gasteiger partial charge in [0.05, 0.1) is 22.3 Å². The molecular formula is C14H23N3O4. The molecule has 0 saturated carbocycles. The van der Waals surface area contributed by atoms with E-state index in [1.54, 1.807) is 32.3 Å². The molecule has 1 aromatic rings. The van der Waals surface area contributed by atoms with Crippen LogP contribution >= 0.6 is 0 Å². The van der Waals surface area contributed by atoms with Crippen molar-refractivity contribution in [2.24, 2.45) is 0 Å². The molecule has 1 rings (SSSR count). The minimum Gasteiger partial charge on any atom is -0.388 e. The van der Waals surface area contributed by atoms with E-state index in [9.17, 15) is 20.0 Å². The molecule has 1 aromatic heterocycles. The van der Waals surface area contributed by atoms with E-state index < -0.39 is 22.0 Å². The molecule has 0 spiro atoms. The third kappa shape index (κ3) is 3.60. The van der Waals surface area contributed by atoms with Crippen LogP contribution in [0.2, 0.25) is 0 Å². The van der Waals surface area contributed by atoms with Crippen LogP contribution in [0.4, 0.5) is 5.69 Å². The molecule has 0 saturated heterocycles. The van der Waals surface area contributed by atoms with Crippen LogP contribution in [0.3, 0.4) is 0 Å². The highest BCUT2D eigenvalue weighted by Crippen LogP contribution is 2.24. The monoisotopic (exact) mass is 297 g/mol. The maximum atomic E-state index is 12.4. The molecule has 0 aliphatic rings. The maximum Gasteiger partial charge on any atom is 0.287 e. The molecule has 0 atom stereocenters. The average Bonchev–Trinajstić information content (AvgIpc) is 2.71. The molecule has 0 unspecified atom stereocenters. The molecule has 0 aromatic carbocycles. The lowest BCUT2D eigenvalue weighted by Gasteiger charge is -2.38. The molecule has 118 valence electrons. The van der Waals surface area contributed by atoms with E-state index in [1.165, 1.54) is 12.3 Å². The van der Waals surface area contributed by atoms with Crippen molar-refractivity contribution in [1.29, 1.82) is 0 Å². The van der Waals surface area contributed by atoms with Crippen molar-refractivity contribution >= 4 is 11.6 Å². The van der Waals surface area contributed by atoms with Gasteiger partial charge >= 0.3 is 0 Å². The summed E-state index contributed by atoms with van der Waals surface area (Å²) in [5.41, 5.74) is -1.95. The van der Waals surface area contributed by atoms with Crippen LogP contribution in [0.25, 0.3) is 0 Å². The molecule has 0 aliphatic heterocycles. The standard InChI is InChI=1S/C14H23N3O4/c1-9(2)16-8-10(17(20)21)7-11(16)12(18)15-13(3,4)14(5,6)19/h7-9,19H,1-6H3,(H,15,18). The Morgan fingerprint density at radius 2 is 1.90 bits per heavy atom. The fourth-order valence-electron chi connectivity index (χ4n) is 1.67. The normalized spacial score (nSPS) is 12.6. The Labute approximate surface area is 124 Å². The van der Waals surface area contributed by atoms with Gasteiger partial charge in [0.25, 0.3) is 11.6 Å². The number of aromatic nitrogens is 1. The minimum atomic E-state index is -1.14. The summed E-state index contributed by atoms with van der Waals surface area (Å²) < 4.78 is 1.55. The highest BCUT2D eigenvalue weighted by molar-refractivity contribution is 5.94. The number of nitrogens with one attached hydrogen (secondary N) is 1. The molecule has 0 bridgehead atoms. The van der Waals surface area contributed by atoms with Gasteiger partial charge in [0.15, 0.2) is 0 Å². The fraction of sp³-hybridized carbons (Fsp3) is 0.643. The lowest BCUT2D eigenvalue weighted by molar-refractivity contribution is -0.384. The van der Waals surface area contributed by atoms with E-state index in [0.29, 0.717) is 0 Å². The lowest BCUT2D eigenvalue weighted by Crippen LogP contribution is -2.57. The van der Waals surface area contributed by atoms with Crippen molar-refractivity contribution in [3.8, 4) is 0 Å². The Hall–Kier alpha value is -1.89. The number of rotatable bonds is 5. The zero-order valence-electron chi connectivity index (χ0n) is 13.3. The summed E-state index contributed by atoms with van der Waals surface area (Å²) in [6.07, 6.45) is 1.34. The van der Waals surface area contributed by atoms with E-state index in [-0.39, 0.29) is 17.4 Å². The van der Waals surface area contributed by atoms with Crippen LogP contribution < -0.4 is 5.32 Å². The van der Waals surface area contributed by atoms with Crippen molar-refractivity contribution < 1.29 is 14.8 Å². The second-order valence-electron chi connectivity index (χ2n) is 6.48. The Kier molecular flexibility index (Phi) is 4.48. The van der Waals surface area contributed by atoms with Gasteiger partial charge in [0.2, 0.25) is 0 Å². The largest absolute Gasteiger partial charge is 0.388 e. The zero-order valence-corrected chi connectivity index (χ0v) is 13.3. The zero-order chi connectivity index (χ0) is 16.6. The number of hydrogen-bond acceptors (Lipinski definition) is 4. The SMILES string of the molecule is CC(C)n1cc([N+](=O)[O-])cc1C(=O)NC(C)(C)C(C)(C)O. The van der Waals surface area contributed by atoms with E-state index >= 15 is 0 Å². The molecule has 1 heterocycles. The lowest BCUT2D eigenvalue weighted by atomic mass is 9.86. The third-order valence-corrected chi connectivity index (χ3v) is 3.79. The number of nitro groups is 1. The molecular weight excluding hydrogens is 274 g/mol. The summed E-state index contributed by atoms with van der Waals surface area (Å²) in [5, 5.41) is 23.7. The Bertz CT molecular complexity index is 553. The first kappa shape index (κ1) is 17.2. The summed E-state index contributed by atoms with van der Waals surface area (Å²) in [6, 6.07) is 1.15. The second-order valence-corrected chi connectivity index (χ2v) is 6.48. The number of amides is 1. The first-order valence-electron chi connectivity index (χ1n) is 6.78. The summed E-state index contributed by atoms with van der Waals surface area (Å²) in [5.74, 6) is -0.455. The van der Waals surface area contributed by atoms with Gasteiger partial charge in [-0.05, 0) is 41.5 Å². The van der Waals surface area contributed by atoms with Crippen LogP contribution in [0.1, 0.15) is 58.1 Å². The molecule has 21 heavy (non-hydrogen) atoms. The van der Waals surface area contributed by atoms with Crippen LogP contribution in [0.5, 0.6) is 0 Å². The summed E-state index contributed by atoms with van der Waals surface area (Å²) >= 11 is 0. The predicted molar refractivity (Wildman–Crippen MR) is 79.3 cm³/mol. The van der Waals surface area contributed by atoms with Gasteiger partial charge < -0.3 is 15.0 Å². The summed E-state index contributed by atoms with van der Waals surface area (Å²) in [6.45, 7) is 10.3. The molecule has 0 fully saturated rings. The molecule has 0 radical (unpaired) electrons. The van der Waals surface area contributed by atoms with Crippen molar-refractivity contribution in [3.05, 3.63) is 28.1 Å². The predicted octanol–water partition coefficient (Wildman–Crippen LogP) is 2.26. The highest BCUT2D eigenvalue weighted by atomic mass is 16.6. The van der Waals surface area contributed by atoms with E-state index in [4.69, 9.17) is 0 Å². The van der Waals surface area contributed by atoms with Gasteiger partial charge in [-0.3, -0.25) is 14.9 Å².